The minimum Gasteiger partial charge on any atom is -0.495 e. The summed E-state index contributed by atoms with van der Waals surface area (Å²) >= 11 is 0. The van der Waals surface area contributed by atoms with Crippen molar-refractivity contribution in [2.45, 2.75) is 44.0 Å². The third kappa shape index (κ3) is 3.64. The molecule has 1 heterocycles. The Kier molecular flexibility index (Phi) is 5.71. The lowest BCUT2D eigenvalue weighted by Gasteiger charge is -2.32. The van der Waals surface area contributed by atoms with Crippen molar-refractivity contribution in [2.75, 3.05) is 26.1 Å². The van der Waals surface area contributed by atoms with Crippen molar-refractivity contribution in [1.82, 2.24) is 4.31 Å². The number of piperidine rings is 1. The maximum atomic E-state index is 13.1. The molecule has 7 nitrogen and oxygen atoms in total. The number of sulfonamides is 1. The molecule has 0 bridgehead atoms. The van der Waals surface area contributed by atoms with Crippen LogP contribution in [0.1, 0.15) is 33.1 Å². The van der Waals surface area contributed by atoms with Gasteiger partial charge in [-0.1, -0.05) is 6.42 Å². The van der Waals surface area contributed by atoms with E-state index in [0.717, 1.165) is 19.3 Å². The van der Waals surface area contributed by atoms with Crippen molar-refractivity contribution in [3.63, 3.8) is 0 Å². The Morgan fingerprint density at radius 2 is 1.88 bits per heavy atom. The molecule has 1 amide bonds. The number of carbonyl (C=O) groups is 1. The molecule has 0 radical (unpaired) electrons. The summed E-state index contributed by atoms with van der Waals surface area (Å²) in [7, 11) is -0.882. The molecular formula is C16H24N2O5S. The number of anilines is 1. The molecule has 1 N–H and O–H groups in total. The van der Waals surface area contributed by atoms with E-state index in [1.54, 1.807) is 0 Å². The highest BCUT2D eigenvalue weighted by Crippen LogP contribution is 2.38. The van der Waals surface area contributed by atoms with Crippen molar-refractivity contribution in [3.8, 4) is 11.5 Å². The minimum absolute atomic E-state index is 0.0308. The maximum absolute atomic E-state index is 13.1. The number of amides is 1. The van der Waals surface area contributed by atoms with Crippen molar-refractivity contribution in [1.29, 1.82) is 0 Å². The number of rotatable bonds is 5. The van der Waals surface area contributed by atoms with Crippen LogP contribution >= 0.6 is 0 Å². The van der Waals surface area contributed by atoms with E-state index in [0.29, 0.717) is 18.0 Å². The van der Waals surface area contributed by atoms with E-state index in [2.05, 4.69) is 5.32 Å². The highest BCUT2D eigenvalue weighted by molar-refractivity contribution is 7.89. The van der Waals surface area contributed by atoms with E-state index in [9.17, 15) is 13.2 Å². The zero-order valence-corrected chi connectivity index (χ0v) is 15.3. The van der Waals surface area contributed by atoms with Crippen molar-refractivity contribution in [2.24, 2.45) is 0 Å². The number of ether oxygens (including phenoxy) is 2. The Hall–Kier alpha value is -1.80. The number of carbonyl (C=O) groups excluding carboxylic acids is 1. The smallest absolute Gasteiger partial charge is 0.247 e. The topological polar surface area (TPSA) is 84.9 Å². The first kappa shape index (κ1) is 18.5. The SMILES string of the molecule is COc1cc(OC)c(S(=O)(=O)N2CCCC[C@@H]2C)cc1NC(C)=O. The molecular weight excluding hydrogens is 332 g/mol. The van der Waals surface area contributed by atoms with Gasteiger partial charge in [0.1, 0.15) is 16.4 Å². The zero-order valence-electron chi connectivity index (χ0n) is 14.5. The lowest BCUT2D eigenvalue weighted by molar-refractivity contribution is -0.114. The van der Waals surface area contributed by atoms with E-state index in [1.165, 1.54) is 37.6 Å². The molecule has 0 unspecified atom stereocenters. The van der Waals surface area contributed by atoms with Crippen molar-refractivity contribution >= 4 is 21.6 Å². The lowest BCUT2D eigenvalue weighted by atomic mass is 10.1. The third-order valence-corrected chi connectivity index (χ3v) is 6.16. The highest BCUT2D eigenvalue weighted by Gasteiger charge is 2.34. The van der Waals surface area contributed by atoms with E-state index in [1.807, 2.05) is 6.92 Å². The average molecular weight is 356 g/mol. The summed E-state index contributed by atoms with van der Waals surface area (Å²) in [5.41, 5.74) is 0.300. The van der Waals surface area contributed by atoms with E-state index in [4.69, 9.17) is 9.47 Å². The molecule has 1 aromatic rings. The van der Waals surface area contributed by atoms with Gasteiger partial charge in [0.2, 0.25) is 15.9 Å². The fourth-order valence-electron chi connectivity index (χ4n) is 2.91. The molecule has 8 heteroatoms. The maximum Gasteiger partial charge on any atom is 0.247 e. The Morgan fingerprint density at radius 3 is 2.42 bits per heavy atom. The second kappa shape index (κ2) is 7.40. The van der Waals surface area contributed by atoms with Gasteiger partial charge in [-0.05, 0) is 25.8 Å². The van der Waals surface area contributed by atoms with Crippen LogP contribution in [0, 0.1) is 0 Å². The molecule has 0 saturated carbocycles. The molecule has 0 spiro atoms. The van der Waals surface area contributed by atoms with E-state index in [-0.39, 0.29) is 22.6 Å². The lowest BCUT2D eigenvalue weighted by Crippen LogP contribution is -2.42. The Bertz CT molecular complexity index is 717. The molecule has 0 aliphatic carbocycles. The van der Waals surface area contributed by atoms with Gasteiger partial charge in [0.15, 0.2) is 0 Å². The largest absolute Gasteiger partial charge is 0.495 e. The van der Waals surface area contributed by atoms with Gasteiger partial charge in [-0.3, -0.25) is 4.79 Å². The van der Waals surface area contributed by atoms with E-state index >= 15 is 0 Å². The molecule has 1 aliphatic rings. The molecule has 0 aromatic heterocycles. The predicted octanol–water partition coefficient (Wildman–Crippen LogP) is 2.23. The molecule has 1 aliphatic heterocycles. The van der Waals surface area contributed by atoms with Crippen LogP contribution in [0.15, 0.2) is 17.0 Å². The molecule has 1 fully saturated rings. The molecule has 134 valence electrons. The Morgan fingerprint density at radius 1 is 1.21 bits per heavy atom. The van der Waals surface area contributed by atoms with Gasteiger partial charge in [-0.2, -0.15) is 4.31 Å². The van der Waals surface area contributed by atoms with Crippen LogP contribution < -0.4 is 14.8 Å². The average Bonchev–Trinajstić information content (AvgIpc) is 2.54. The monoisotopic (exact) mass is 356 g/mol. The normalized spacial score (nSPS) is 18.9. The second-order valence-corrected chi connectivity index (χ2v) is 7.70. The highest BCUT2D eigenvalue weighted by atomic mass is 32.2. The fraction of sp³-hybridized carbons (Fsp3) is 0.562. The Labute approximate surface area is 143 Å². The molecule has 24 heavy (non-hydrogen) atoms. The molecule has 1 saturated heterocycles. The number of benzene rings is 1. The first-order chi connectivity index (χ1) is 11.3. The van der Waals surface area contributed by atoms with Crippen LogP contribution in [0.2, 0.25) is 0 Å². The van der Waals surface area contributed by atoms with Gasteiger partial charge in [-0.15, -0.1) is 0 Å². The van der Waals surface area contributed by atoms with Crippen LogP contribution in [0.5, 0.6) is 11.5 Å². The van der Waals surface area contributed by atoms with Crippen LogP contribution in [-0.4, -0.2) is 45.4 Å². The van der Waals surface area contributed by atoms with Gasteiger partial charge in [0.05, 0.1) is 19.9 Å². The van der Waals surface area contributed by atoms with Crippen molar-refractivity contribution < 1.29 is 22.7 Å². The van der Waals surface area contributed by atoms with Gasteiger partial charge in [-0.25, -0.2) is 8.42 Å². The summed E-state index contributed by atoms with van der Waals surface area (Å²) in [6, 6.07) is 2.81. The minimum atomic E-state index is -3.74. The van der Waals surface area contributed by atoms with Gasteiger partial charge >= 0.3 is 0 Å². The van der Waals surface area contributed by atoms with Crippen LogP contribution in [0.3, 0.4) is 0 Å². The number of nitrogens with one attached hydrogen (secondary N) is 1. The quantitative estimate of drug-likeness (QED) is 0.874. The first-order valence-electron chi connectivity index (χ1n) is 7.86. The second-order valence-electron chi connectivity index (χ2n) is 5.85. The summed E-state index contributed by atoms with van der Waals surface area (Å²) in [6.07, 6.45) is 2.68. The number of methoxy groups -OCH3 is 2. The summed E-state index contributed by atoms with van der Waals surface area (Å²) in [4.78, 5) is 11.4. The number of nitrogens with zero attached hydrogens (tertiary/aromatic N) is 1. The predicted molar refractivity (Wildman–Crippen MR) is 91.1 cm³/mol. The van der Waals surface area contributed by atoms with Crippen LogP contribution in [0.25, 0.3) is 0 Å². The molecule has 1 aromatic carbocycles. The first-order valence-corrected chi connectivity index (χ1v) is 9.30. The standard InChI is InChI=1S/C16H24N2O5S/c1-11-7-5-6-8-18(11)24(20,21)16-9-13(17-12(2)19)14(22-3)10-15(16)23-4/h9-11H,5-8H2,1-4H3,(H,17,19)/t11-/m0/s1. The van der Waals surface area contributed by atoms with Gasteiger partial charge in [0.25, 0.3) is 0 Å². The van der Waals surface area contributed by atoms with Gasteiger partial charge < -0.3 is 14.8 Å². The fourth-order valence-corrected chi connectivity index (χ4v) is 4.78. The Balaban J connectivity index is 2.56. The van der Waals surface area contributed by atoms with Crippen LogP contribution in [0.4, 0.5) is 5.69 Å². The third-order valence-electron chi connectivity index (χ3n) is 4.13. The zero-order chi connectivity index (χ0) is 17.9. The molecule has 1 atom stereocenters. The van der Waals surface area contributed by atoms with Crippen molar-refractivity contribution in [3.05, 3.63) is 12.1 Å². The summed E-state index contributed by atoms with van der Waals surface area (Å²) in [5.74, 6) is 0.222. The number of hydrogen-bond donors (Lipinski definition) is 1. The summed E-state index contributed by atoms with van der Waals surface area (Å²) < 4.78 is 38.2. The summed E-state index contributed by atoms with van der Waals surface area (Å²) in [5, 5.41) is 2.60. The molecule has 2 rings (SSSR count). The number of hydrogen-bond acceptors (Lipinski definition) is 5. The summed E-state index contributed by atoms with van der Waals surface area (Å²) in [6.45, 7) is 3.74. The van der Waals surface area contributed by atoms with Crippen LogP contribution in [-0.2, 0) is 14.8 Å². The van der Waals surface area contributed by atoms with E-state index < -0.39 is 10.0 Å². The van der Waals surface area contributed by atoms with Gasteiger partial charge in [0, 0.05) is 25.6 Å².